The van der Waals surface area contributed by atoms with Gasteiger partial charge in [-0.1, -0.05) is 23.7 Å². The molecule has 0 unspecified atom stereocenters. The van der Waals surface area contributed by atoms with Crippen LogP contribution in [-0.2, 0) is 13.5 Å². The highest BCUT2D eigenvalue weighted by Crippen LogP contribution is 2.36. The summed E-state index contributed by atoms with van der Waals surface area (Å²) in [5.41, 5.74) is 4.60. The maximum absolute atomic E-state index is 13.1. The summed E-state index contributed by atoms with van der Waals surface area (Å²) in [6.07, 6.45) is 11.5. The number of piperazine rings is 1. The lowest BCUT2D eigenvalue weighted by Crippen LogP contribution is -2.47. The zero-order valence-electron chi connectivity index (χ0n) is 19.6. The van der Waals surface area contributed by atoms with Crippen molar-refractivity contribution < 1.29 is 4.39 Å². The van der Waals surface area contributed by atoms with Gasteiger partial charge in [-0.15, -0.1) is 0 Å². The first-order valence-corrected chi connectivity index (χ1v) is 12.0. The minimum absolute atomic E-state index is 0.236. The number of anilines is 2. The Morgan fingerprint density at radius 1 is 0.861 bits per heavy atom. The Kier molecular flexibility index (Phi) is 5.73. The zero-order valence-corrected chi connectivity index (χ0v) is 20.3. The van der Waals surface area contributed by atoms with Crippen molar-refractivity contribution in [3.63, 3.8) is 0 Å². The van der Waals surface area contributed by atoms with Crippen molar-refractivity contribution in [3.8, 4) is 11.1 Å². The van der Waals surface area contributed by atoms with Gasteiger partial charge >= 0.3 is 0 Å². The van der Waals surface area contributed by atoms with Gasteiger partial charge in [0, 0.05) is 75.6 Å². The lowest BCUT2D eigenvalue weighted by Gasteiger charge is -2.35. The summed E-state index contributed by atoms with van der Waals surface area (Å²) < 4.78 is 16.7. The number of rotatable bonds is 5. The average Bonchev–Trinajstić information content (AvgIpc) is 3.49. The highest BCUT2D eigenvalue weighted by molar-refractivity contribution is 6.37. The quantitative estimate of drug-likeness (QED) is 0.362. The van der Waals surface area contributed by atoms with Crippen LogP contribution in [0.1, 0.15) is 11.1 Å². The summed E-state index contributed by atoms with van der Waals surface area (Å²) >= 11 is 6.82. The molecule has 6 rings (SSSR count). The summed E-state index contributed by atoms with van der Waals surface area (Å²) in [5.74, 6) is 1.27. The van der Waals surface area contributed by atoms with Crippen molar-refractivity contribution in [2.75, 3.05) is 36.0 Å². The molecule has 5 aromatic rings. The van der Waals surface area contributed by atoms with Crippen molar-refractivity contribution in [3.05, 3.63) is 83.5 Å². The van der Waals surface area contributed by atoms with Crippen LogP contribution in [0.25, 0.3) is 16.6 Å². The molecule has 0 radical (unpaired) electrons. The first-order chi connectivity index (χ1) is 17.5. The molecule has 5 heterocycles. The molecule has 0 aliphatic carbocycles. The van der Waals surface area contributed by atoms with Gasteiger partial charge in [0.05, 0.1) is 11.2 Å². The van der Waals surface area contributed by atoms with E-state index in [1.807, 2.05) is 31.8 Å². The van der Waals surface area contributed by atoms with Crippen LogP contribution in [-0.4, -0.2) is 60.5 Å². The third-order valence-corrected chi connectivity index (χ3v) is 6.77. The van der Waals surface area contributed by atoms with Crippen LogP contribution < -0.4 is 9.80 Å². The molecule has 36 heavy (non-hydrogen) atoms. The molecule has 1 aromatic carbocycles. The van der Waals surface area contributed by atoms with E-state index in [1.54, 1.807) is 33.9 Å². The number of hydrogen-bond donors (Lipinski definition) is 0. The molecule has 0 N–H and O–H groups in total. The SMILES string of the molecule is Cn1cc(-c2cn3ncnc(N4CCN(c5ncc(Cc6ccc(F)cc6)cn5)CC4)c3c2Cl)cn1. The van der Waals surface area contributed by atoms with Crippen molar-refractivity contribution in [2.45, 2.75) is 6.42 Å². The first-order valence-electron chi connectivity index (χ1n) is 11.6. The molecule has 0 amide bonds. The maximum atomic E-state index is 13.1. The summed E-state index contributed by atoms with van der Waals surface area (Å²) in [7, 11) is 1.88. The van der Waals surface area contributed by atoms with Crippen LogP contribution in [0.4, 0.5) is 16.2 Å². The molecule has 182 valence electrons. The molecular formula is C25H23ClFN9. The highest BCUT2D eigenvalue weighted by atomic mass is 35.5. The maximum Gasteiger partial charge on any atom is 0.225 e. The number of hydrogen-bond acceptors (Lipinski definition) is 7. The van der Waals surface area contributed by atoms with E-state index in [9.17, 15) is 4.39 Å². The van der Waals surface area contributed by atoms with Gasteiger partial charge in [0.25, 0.3) is 0 Å². The summed E-state index contributed by atoms with van der Waals surface area (Å²) in [5, 5.41) is 9.24. The molecule has 1 saturated heterocycles. The van der Waals surface area contributed by atoms with Crippen molar-refractivity contribution in [1.82, 2.24) is 34.3 Å². The molecule has 0 spiro atoms. The second kappa shape index (κ2) is 9.19. The minimum atomic E-state index is -0.236. The normalized spacial score (nSPS) is 14.1. The molecule has 4 aromatic heterocycles. The Morgan fingerprint density at radius 2 is 1.58 bits per heavy atom. The van der Waals surface area contributed by atoms with Gasteiger partial charge in [-0.25, -0.2) is 23.9 Å². The van der Waals surface area contributed by atoms with Crippen molar-refractivity contribution >= 4 is 28.9 Å². The van der Waals surface area contributed by atoms with E-state index in [-0.39, 0.29) is 5.82 Å². The predicted octanol–water partition coefficient (Wildman–Crippen LogP) is 3.63. The number of aryl methyl sites for hydroxylation is 1. The Morgan fingerprint density at radius 3 is 2.28 bits per heavy atom. The molecule has 0 atom stereocenters. The number of nitrogens with zero attached hydrogens (tertiary/aromatic N) is 9. The number of aromatic nitrogens is 7. The fourth-order valence-electron chi connectivity index (χ4n) is 4.51. The van der Waals surface area contributed by atoms with Gasteiger partial charge in [0.2, 0.25) is 5.95 Å². The standard InChI is InChI=1S/C25H23ClFN9/c1-33-14-19(13-31-33)21-15-36-23(22(21)26)24(30-16-32-36)34-6-8-35(9-7-34)25-28-11-18(12-29-25)10-17-2-4-20(27)5-3-17/h2-5,11-16H,6-10H2,1H3. The largest absolute Gasteiger partial charge is 0.351 e. The van der Waals surface area contributed by atoms with Gasteiger partial charge in [0.1, 0.15) is 17.7 Å². The molecule has 0 saturated carbocycles. The molecular weight excluding hydrogens is 481 g/mol. The fraction of sp³-hybridized carbons (Fsp3) is 0.240. The average molecular weight is 504 g/mol. The Hall–Kier alpha value is -4.05. The van der Waals surface area contributed by atoms with Crippen LogP contribution in [0.2, 0.25) is 5.02 Å². The number of fused-ring (bicyclic) bond motifs is 1. The molecule has 0 bridgehead atoms. The molecule has 1 aliphatic rings. The van der Waals surface area contributed by atoms with Gasteiger partial charge in [-0.05, 0) is 23.3 Å². The summed E-state index contributed by atoms with van der Waals surface area (Å²) in [6, 6.07) is 6.50. The van der Waals surface area contributed by atoms with Gasteiger partial charge in [0.15, 0.2) is 5.82 Å². The number of halogens is 2. The Bertz CT molecular complexity index is 1500. The number of benzene rings is 1. The monoisotopic (exact) mass is 503 g/mol. The van der Waals surface area contributed by atoms with Crippen LogP contribution in [0, 0.1) is 5.82 Å². The second-order valence-corrected chi connectivity index (χ2v) is 9.18. The van der Waals surface area contributed by atoms with Gasteiger partial charge in [-0.3, -0.25) is 4.68 Å². The minimum Gasteiger partial charge on any atom is -0.351 e. The summed E-state index contributed by atoms with van der Waals surface area (Å²) in [6.45, 7) is 3.00. The van der Waals surface area contributed by atoms with E-state index >= 15 is 0 Å². The predicted molar refractivity (Wildman–Crippen MR) is 136 cm³/mol. The molecule has 9 nitrogen and oxygen atoms in total. The highest BCUT2D eigenvalue weighted by Gasteiger charge is 2.24. The van der Waals surface area contributed by atoms with Crippen molar-refractivity contribution in [1.29, 1.82) is 0 Å². The zero-order chi connectivity index (χ0) is 24.6. The van der Waals surface area contributed by atoms with Crippen LogP contribution in [0.15, 0.2) is 61.6 Å². The lowest BCUT2D eigenvalue weighted by atomic mass is 10.1. The summed E-state index contributed by atoms with van der Waals surface area (Å²) in [4.78, 5) is 18.1. The third-order valence-electron chi connectivity index (χ3n) is 6.38. The van der Waals surface area contributed by atoms with E-state index < -0.39 is 0 Å². The van der Waals surface area contributed by atoms with E-state index in [0.29, 0.717) is 17.4 Å². The first kappa shape index (κ1) is 22.4. The Labute approximate surface area is 211 Å². The van der Waals surface area contributed by atoms with E-state index in [4.69, 9.17) is 11.6 Å². The van der Waals surface area contributed by atoms with Crippen LogP contribution in [0.3, 0.4) is 0 Å². The Balaban J connectivity index is 1.16. The second-order valence-electron chi connectivity index (χ2n) is 8.80. The van der Waals surface area contributed by atoms with Gasteiger partial charge < -0.3 is 9.80 Å². The lowest BCUT2D eigenvalue weighted by molar-refractivity contribution is 0.627. The van der Waals surface area contributed by atoms with Crippen LogP contribution >= 0.6 is 11.6 Å². The van der Waals surface area contributed by atoms with E-state index in [2.05, 4.69) is 34.9 Å². The smallest absolute Gasteiger partial charge is 0.225 e. The third kappa shape index (κ3) is 4.24. The van der Waals surface area contributed by atoms with E-state index in [0.717, 1.165) is 59.8 Å². The van der Waals surface area contributed by atoms with E-state index in [1.165, 1.54) is 12.1 Å². The van der Waals surface area contributed by atoms with Crippen LogP contribution in [0.5, 0.6) is 0 Å². The van der Waals surface area contributed by atoms with Gasteiger partial charge in [-0.2, -0.15) is 10.2 Å². The fourth-order valence-corrected chi connectivity index (χ4v) is 4.84. The molecule has 1 fully saturated rings. The molecule has 1 aliphatic heterocycles. The topological polar surface area (TPSA) is 80.3 Å². The van der Waals surface area contributed by atoms with Crippen molar-refractivity contribution in [2.24, 2.45) is 7.05 Å². The molecule has 11 heteroatoms.